The normalized spacial score (nSPS) is 11.8. The van der Waals surface area contributed by atoms with E-state index in [4.69, 9.17) is 0 Å². The van der Waals surface area contributed by atoms with Crippen molar-refractivity contribution in [2.24, 2.45) is 0 Å². The van der Waals surface area contributed by atoms with Crippen LogP contribution in [-0.2, 0) is 11.7 Å². The molecule has 4 heteroatoms. The third kappa shape index (κ3) is 1.86. The first-order chi connectivity index (χ1) is 9.80. The van der Waals surface area contributed by atoms with Crippen molar-refractivity contribution in [1.82, 2.24) is 0 Å². The predicted molar refractivity (Wildman–Crippen MR) is 99.6 cm³/mol. The molecule has 0 aliphatic rings. The van der Waals surface area contributed by atoms with Gasteiger partial charge in [0.15, 0.2) is 0 Å². The molecule has 4 rings (SSSR count). The molecule has 20 heavy (non-hydrogen) atoms. The lowest BCUT2D eigenvalue weighted by Crippen LogP contribution is -1.80. The van der Waals surface area contributed by atoms with E-state index < -0.39 is 0 Å². The summed E-state index contributed by atoms with van der Waals surface area (Å²) in [6.07, 6.45) is 1.11. The van der Waals surface area contributed by atoms with Crippen molar-refractivity contribution in [3.05, 3.63) is 47.5 Å². The van der Waals surface area contributed by atoms with E-state index >= 15 is 0 Å². The molecule has 2 aromatic carbocycles. The van der Waals surface area contributed by atoms with Crippen molar-refractivity contribution >= 4 is 76.0 Å². The summed E-state index contributed by atoms with van der Waals surface area (Å²) < 4.78 is 5.74. The van der Waals surface area contributed by atoms with Gasteiger partial charge in [0.1, 0.15) is 7.85 Å². The molecule has 0 aliphatic carbocycles. The SMILES string of the molecule is BCc1ccc2c(c1)sc1c3ccc(CBr)cc3sc21. The van der Waals surface area contributed by atoms with Gasteiger partial charge in [0.2, 0.25) is 0 Å². The van der Waals surface area contributed by atoms with Crippen molar-refractivity contribution in [3.8, 4) is 0 Å². The van der Waals surface area contributed by atoms with E-state index in [-0.39, 0.29) is 0 Å². The molecule has 98 valence electrons. The van der Waals surface area contributed by atoms with Crippen LogP contribution < -0.4 is 0 Å². The van der Waals surface area contributed by atoms with E-state index in [9.17, 15) is 0 Å². The van der Waals surface area contributed by atoms with Crippen molar-refractivity contribution in [2.45, 2.75) is 11.7 Å². The van der Waals surface area contributed by atoms with Crippen LogP contribution in [0.25, 0.3) is 29.6 Å². The number of alkyl halides is 1. The summed E-state index contributed by atoms with van der Waals surface area (Å²) in [5.41, 5.74) is 2.78. The van der Waals surface area contributed by atoms with Gasteiger partial charge in [0.25, 0.3) is 0 Å². The highest BCUT2D eigenvalue weighted by Gasteiger charge is 2.12. The molecule has 0 unspecified atom stereocenters. The minimum absolute atomic E-state index is 0.926. The third-order valence-electron chi connectivity index (χ3n) is 3.77. The summed E-state index contributed by atoms with van der Waals surface area (Å²) in [7, 11) is 2.22. The second-order valence-electron chi connectivity index (χ2n) is 5.01. The Bertz CT molecular complexity index is 858. The molecule has 0 bridgehead atoms. The lowest BCUT2D eigenvalue weighted by molar-refractivity contribution is 1.43. The molecule has 0 N–H and O–H groups in total. The Morgan fingerprint density at radius 3 is 1.95 bits per heavy atom. The standard InChI is InChI=1S/C16H12BBrS2/c17-7-9-1-3-11-13(5-9)19-16-12-4-2-10(8-18)6-14(12)20-15(11)16/h1-6H,7-8,17H2. The summed E-state index contributed by atoms with van der Waals surface area (Å²) >= 11 is 7.41. The van der Waals surface area contributed by atoms with Gasteiger partial charge in [-0.1, -0.05) is 52.1 Å². The molecule has 0 atom stereocenters. The Morgan fingerprint density at radius 1 is 0.850 bits per heavy atom. The van der Waals surface area contributed by atoms with E-state index in [0.29, 0.717) is 0 Å². The molecular formula is C16H12BBrS2. The summed E-state index contributed by atoms with van der Waals surface area (Å²) in [6.45, 7) is 0. The van der Waals surface area contributed by atoms with Gasteiger partial charge in [-0.2, -0.15) is 0 Å². The van der Waals surface area contributed by atoms with Gasteiger partial charge in [0.05, 0.1) is 9.40 Å². The maximum Gasteiger partial charge on any atom is 0.107 e. The van der Waals surface area contributed by atoms with Crippen molar-refractivity contribution in [3.63, 3.8) is 0 Å². The van der Waals surface area contributed by atoms with Crippen LogP contribution in [0.5, 0.6) is 0 Å². The molecule has 4 aromatic rings. The number of thiophene rings is 2. The molecule has 2 aromatic heterocycles. The number of hydrogen-bond acceptors (Lipinski definition) is 2. The third-order valence-corrected chi connectivity index (χ3v) is 6.92. The quantitative estimate of drug-likeness (QED) is 0.337. The number of benzene rings is 2. The lowest BCUT2D eigenvalue weighted by atomic mass is 9.97. The summed E-state index contributed by atoms with van der Waals surface area (Å²) in [5.74, 6) is 0. The molecule has 0 fully saturated rings. The molecule has 0 amide bonds. The highest BCUT2D eigenvalue weighted by atomic mass is 79.9. The van der Waals surface area contributed by atoms with Crippen LogP contribution in [0, 0.1) is 0 Å². The average Bonchev–Trinajstić information content (AvgIpc) is 3.01. The predicted octanol–water partition coefficient (Wildman–Crippen LogP) is 5.30. The van der Waals surface area contributed by atoms with E-state index in [1.807, 2.05) is 22.7 Å². The highest BCUT2D eigenvalue weighted by Crippen LogP contribution is 2.44. The summed E-state index contributed by atoms with van der Waals surface area (Å²) in [5, 5.41) is 3.76. The van der Waals surface area contributed by atoms with E-state index in [2.05, 4.69) is 60.2 Å². The van der Waals surface area contributed by atoms with Crippen LogP contribution in [0.15, 0.2) is 36.4 Å². The molecule has 0 saturated heterocycles. The summed E-state index contributed by atoms with van der Waals surface area (Å²) in [6, 6.07) is 13.7. The zero-order valence-corrected chi connectivity index (χ0v) is 14.3. The van der Waals surface area contributed by atoms with Crippen LogP contribution in [0.3, 0.4) is 0 Å². The Labute approximate surface area is 135 Å². The van der Waals surface area contributed by atoms with Gasteiger partial charge in [-0.3, -0.25) is 0 Å². The fraction of sp³-hybridized carbons (Fsp3) is 0.125. The lowest BCUT2D eigenvalue weighted by Gasteiger charge is -1.96. The van der Waals surface area contributed by atoms with Crippen LogP contribution in [0.4, 0.5) is 0 Å². The monoisotopic (exact) mass is 358 g/mol. The fourth-order valence-electron chi connectivity index (χ4n) is 2.65. The van der Waals surface area contributed by atoms with Crippen molar-refractivity contribution < 1.29 is 0 Å². The van der Waals surface area contributed by atoms with Gasteiger partial charge in [-0.25, -0.2) is 0 Å². The van der Waals surface area contributed by atoms with Crippen LogP contribution in [0.1, 0.15) is 11.1 Å². The molecule has 2 heterocycles. The number of halogens is 1. The fourth-order valence-corrected chi connectivity index (χ4v) is 5.78. The molecule has 0 saturated carbocycles. The average molecular weight is 359 g/mol. The van der Waals surface area contributed by atoms with Crippen LogP contribution >= 0.6 is 38.6 Å². The van der Waals surface area contributed by atoms with Crippen molar-refractivity contribution in [1.29, 1.82) is 0 Å². The minimum atomic E-state index is 0.926. The Morgan fingerprint density at radius 2 is 1.40 bits per heavy atom. The molecule has 0 spiro atoms. The first-order valence-electron chi connectivity index (χ1n) is 6.72. The molecule has 0 aliphatic heterocycles. The van der Waals surface area contributed by atoms with Gasteiger partial charge < -0.3 is 0 Å². The second-order valence-corrected chi connectivity index (χ2v) is 7.68. The first-order valence-corrected chi connectivity index (χ1v) is 9.48. The molecule has 0 radical (unpaired) electrons. The topological polar surface area (TPSA) is 0 Å². The van der Waals surface area contributed by atoms with E-state index in [1.165, 1.54) is 40.7 Å². The molecular weight excluding hydrogens is 347 g/mol. The Kier molecular flexibility index (Phi) is 3.13. The smallest absolute Gasteiger partial charge is 0.107 e. The van der Waals surface area contributed by atoms with Gasteiger partial charge >= 0.3 is 0 Å². The van der Waals surface area contributed by atoms with Gasteiger partial charge in [-0.05, 0) is 17.7 Å². The van der Waals surface area contributed by atoms with Gasteiger partial charge in [0, 0.05) is 25.5 Å². The number of fused-ring (bicyclic) bond motifs is 5. The van der Waals surface area contributed by atoms with Crippen molar-refractivity contribution in [2.75, 3.05) is 0 Å². The Hall–Kier alpha value is -0.835. The van der Waals surface area contributed by atoms with E-state index in [1.54, 1.807) is 0 Å². The highest BCUT2D eigenvalue weighted by molar-refractivity contribution is 9.08. The minimum Gasteiger partial charge on any atom is -0.134 e. The zero-order chi connectivity index (χ0) is 13.7. The maximum atomic E-state index is 3.54. The first kappa shape index (κ1) is 12.9. The number of rotatable bonds is 2. The van der Waals surface area contributed by atoms with Crippen LogP contribution in [-0.4, -0.2) is 7.85 Å². The van der Waals surface area contributed by atoms with E-state index in [0.717, 1.165) is 11.7 Å². The maximum absolute atomic E-state index is 3.54. The number of hydrogen-bond donors (Lipinski definition) is 0. The zero-order valence-electron chi connectivity index (χ0n) is 11.1. The summed E-state index contributed by atoms with van der Waals surface area (Å²) in [4.78, 5) is 0. The largest absolute Gasteiger partial charge is 0.134 e. The van der Waals surface area contributed by atoms with Gasteiger partial charge in [-0.15, -0.1) is 22.7 Å². The molecule has 0 nitrogen and oxygen atoms in total. The second kappa shape index (κ2) is 4.87. The Balaban J connectivity index is 2.08. The van der Waals surface area contributed by atoms with Crippen LogP contribution in [0.2, 0.25) is 0 Å².